The molecule has 2 aromatic heterocycles. The number of ether oxygens (including phenoxy) is 1. The molecule has 1 saturated heterocycles. The molecule has 3 heterocycles. The fraction of sp³-hybridized carbons (Fsp3) is 0.308. The highest BCUT2D eigenvalue weighted by atomic mass is 19.1. The van der Waals surface area contributed by atoms with Crippen LogP contribution in [0.2, 0.25) is 0 Å². The minimum absolute atomic E-state index is 0.0832. The number of piperazine rings is 1. The third kappa shape index (κ3) is 3.82. The van der Waals surface area contributed by atoms with Crippen molar-refractivity contribution in [2.75, 3.05) is 26.2 Å². The number of nitrogens with one attached hydrogen (secondary N) is 1. The van der Waals surface area contributed by atoms with Crippen molar-refractivity contribution < 1.29 is 13.9 Å². The van der Waals surface area contributed by atoms with Gasteiger partial charge in [0.25, 0.3) is 5.91 Å². The van der Waals surface area contributed by atoms with Gasteiger partial charge in [-0.15, -0.1) is 0 Å². The Bertz CT molecular complexity index is 1290. The number of pyridine rings is 1. The van der Waals surface area contributed by atoms with E-state index in [0.717, 1.165) is 48.1 Å². The van der Waals surface area contributed by atoms with Crippen molar-refractivity contribution in [3.8, 4) is 11.6 Å². The smallest absolute Gasteiger partial charge is 0.260 e. The van der Waals surface area contributed by atoms with E-state index in [1.54, 1.807) is 25.4 Å². The van der Waals surface area contributed by atoms with Gasteiger partial charge in [-0.2, -0.15) is 0 Å². The van der Waals surface area contributed by atoms with Crippen LogP contribution >= 0.6 is 0 Å². The van der Waals surface area contributed by atoms with Crippen LogP contribution < -0.4 is 10.1 Å². The summed E-state index contributed by atoms with van der Waals surface area (Å²) < 4.78 is 22.9. The van der Waals surface area contributed by atoms with Gasteiger partial charge in [0, 0.05) is 49.0 Å². The molecule has 1 N–H and O–H groups in total. The maximum absolute atomic E-state index is 14.5. The van der Waals surface area contributed by atoms with Gasteiger partial charge in [0.05, 0.1) is 11.7 Å². The first-order valence-corrected chi connectivity index (χ1v) is 11.3. The largest absolute Gasteiger partial charge is 0.439 e. The molecule has 0 bridgehead atoms. The lowest BCUT2D eigenvalue weighted by Gasteiger charge is -2.28. The summed E-state index contributed by atoms with van der Waals surface area (Å²) >= 11 is 0. The Hall–Kier alpha value is -3.45. The molecule has 2 aliphatic rings. The minimum Gasteiger partial charge on any atom is -0.439 e. The Kier molecular flexibility index (Phi) is 5.72. The lowest BCUT2D eigenvalue weighted by molar-refractivity contribution is 0.0735. The summed E-state index contributed by atoms with van der Waals surface area (Å²) in [6, 6.07) is 5.00. The summed E-state index contributed by atoms with van der Waals surface area (Å²) in [5, 5.41) is 4.08. The lowest BCUT2D eigenvalue weighted by atomic mass is 10.1. The number of amides is 1. The first kappa shape index (κ1) is 21.4. The topological polar surface area (TPSA) is 59.4 Å². The summed E-state index contributed by atoms with van der Waals surface area (Å²) in [6.07, 6.45) is 11.3. The van der Waals surface area contributed by atoms with E-state index in [2.05, 4.69) is 16.4 Å². The molecular weight excluding hydrogens is 419 g/mol. The van der Waals surface area contributed by atoms with Crippen LogP contribution in [0.1, 0.15) is 34.3 Å². The van der Waals surface area contributed by atoms with Crippen LogP contribution in [0, 0.1) is 19.7 Å². The van der Waals surface area contributed by atoms with Gasteiger partial charge in [0.15, 0.2) is 0 Å². The van der Waals surface area contributed by atoms with Gasteiger partial charge < -0.3 is 15.0 Å². The number of hydrogen-bond acceptors (Lipinski definition) is 4. The molecule has 3 aromatic rings. The van der Waals surface area contributed by atoms with Crippen LogP contribution in [0.4, 0.5) is 4.39 Å². The Morgan fingerprint density at radius 3 is 2.76 bits per heavy atom. The summed E-state index contributed by atoms with van der Waals surface area (Å²) in [5.74, 6) is 0.433. The Labute approximate surface area is 192 Å². The van der Waals surface area contributed by atoms with E-state index in [1.807, 2.05) is 34.6 Å². The van der Waals surface area contributed by atoms with E-state index in [-0.39, 0.29) is 11.7 Å². The van der Waals surface area contributed by atoms with Gasteiger partial charge >= 0.3 is 0 Å². The van der Waals surface area contributed by atoms with Crippen LogP contribution in [0.15, 0.2) is 48.8 Å². The van der Waals surface area contributed by atoms with Crippen molar-refractivity contribution in [3.63, 3.8) is 0 Å². The first-order chi connectivity index (χ1) is 16.1. The van der Waals surface area contributed by atoms with E-state index >= 15 is 0 Å². The molecule has 5 rings (SSSR count). The average Bonchev–Trinajstić information content (AvgIpc) is 3.18. The fourth-order valence-electron chi connectivity index (χ4n) is 4.56. The molecule has 0 atom stereocenters. The van der Waals surface area contributed by atoms with Gasteiger partial charge in [-0.05, 0) is 50.5 Å². The summed E-state index contributed by atoms with van der Waals surface area (Å²) in [4.78, 5) is 20.0. The highest BCUT2D eigenvalue weighted by molar-refractivity contribution is 6.10. The second kappa shape index (κ2) is 8.83. The molecule has 1 amide bonds. The first-order valence-electron chi connectivity index (χ1n) is 11.3. The molecule has 1 aliphatic carbocycles. The van der Waals surface area contributed by atoms with Crippen LogP contribution in [0.5, 0.6) is 11.6 Å². The van der Waals surface area contributed by atoms with E-state index < -0.39 is 0 Å². The van der Waals surface area contributed by atoms with Crippen molar-refractivity contribution in [2.24, 2.45) is 0 Å². The zero-order valence-corrected chi connectivity index (χ0v) is 18.9. The molecular formula is C26H27FN4O2. The molecule has 33 heavy (non-hydrogen) atoms. The Balaban J connectivity index is 1.76. The Morgan fingerprint density at radius 1 is 1.18 bits per heavy atom. The van der Waals surface area contributed by atoms with Crippen molar-refractivity contribution >= 4 is 22.5 Å². The van der Waals surface area contributed by atoms with Crippen molar-refractivity contribution in [1.29, 1.82) is 0 Å². The standard InChI is InChI=1S/C26H27FN4O2/c1-17-8-9-21(27)18(2)24(17)33-26-23(25(32)30-14-12-28-13-15-30)20-10-11-29-16-22(20)31(26)19-6-4-3-5-7-19/h3-4,6,8-11,16,28H,5,7,12-15H2,1-2H3. The normalized spacial score (nSPS) is 16.2. The lowest BCUT2D eigenvalue weighted by Crippen LogP contribution is -2.46. The molecule has 0 saturated carbocycles. The molecule has 1 fully saturated rings. The minimum atomic E-state index is -0.338. The monoisotopic (exact) mass is 446 g/mol. The molecule has 0 unspecified atom stereocenters. The highest BCUT2D eigenvalue weighted by Gasteiger charge is 2.30. The zero-order valence-electron chi connectivity index (χ0n) is 18.9. The van der Waals surface area contributed by atoms with Crippen molar-refractivity contribution in [3.05, 3.63) is 71.3 Å². The number of carbonyl (C=O) groups is 1. The summed E-state index contributed by atoms with van der Waals surface area (Å²) in [5.41, 5.74) is 3.54. The summed E-state index contributed by atoms with van der Waals surface area (Å²) in [7, 11) is 0. The molecule has 0 radical (unpaired) electrons. The molecule has 1 aromatic carbocycles. The fourth-order valence-corrected chi connectivity index (χ4v) is 4.56. The number of nitrogens with zero attached hydrogens (tertiary/aromatic N) is 3. The van der Waals surface area contributed by atoms with Gasteiger partial charge in [-0.1, -0.05) is 18.2 Å². The maximum Gasteiger partial charge on any atom is 0.260 e. The number of aryl methyl sites for hydroxylation is 1. The number of fused-ring (bicyclic) bond motifs is 1. The number of hydrogen-bond donors (Lipinski definition) is 1. The summed E-state index contributed by atoms with van der Waals surface area (Å²) in [6.45, 7) is 6.34. The third-order valence-corrected chi connectivity index (χ3v) is 6.36. The number of rotatable bonds is 4. The molecule has 170 valence electrons. The van der Waals surface area contributed by atoms with Gasteiger partial charge in [-0.25, -0.2) is 4.39 Å². The van der Waals surface area contributed by atoms with Crippen molar-refractivity contribution in [2.45, 2.75) is 26.7 Å². The predicted octanol–water partition coefficient (Wildman–Crippen LogP) is 4.82. The number of halogens is 1. The number of allylic oxidation sites excluding steroid dienone is 4. The molecule has 1 aliphatic heterocycles. The number of carbonyl (C=O) groups excluding carboxylic acids is 1. The molecule has 0 spiro atoms. The Morgan fingerprint density at radius 2 is 2.00 bits per heavy atom. The maximum atomic E-state index is 14.5. The highest BCUT2D eigenvalue weighted by Crippen LogP contribution is 2.41. The average molecular weight is 447 g/mol. The van der Waals surface area contributed by atoms with Gasteiger partial charge in [0.2, 0.25) is 5.88 Å². The second-order valence-corrected chi connectivity index (χ2v) is 8.50. The van der Waals surface area contributed by atoms with Crippen LogP contribution in [-0.2, 0) is 0 Å². The van der Waals surface area contributed by atoms with E-state index in [4.69, 9.17) is 4.74 Å². The van der Waals surface area contributed by atoms with Crippen LogP contribution in [-0.4, -0.2) is 46.5 Å². The van der Waals surface area contributed by atoms with Crippen LogP contribution in [0.25, 0.3) is 16.6 Å². The van der Waals surface area contributed by atoms with E-state index in [1.165, 1.54) is 6.07 Å². The van der Waals surface area contributed by atoms with E-state index in [9.17, 15) is 9.18 Å². The van der Waals surface area contributed by atoms with Gasteiger partial charge in [0.1, 0.15) is 17.1 Å². The zero-order chi connectivity index (χ0) is 22.9. The molecule has 7 heteroatoms. The SMILES string of the molecule is Cc1ccc(F)c(C)c1Oc1c(C(=O)N2CCNCC2)c2ccncc2n1C1=CC=CCC1. The van der Waals surface area contributed by atoms with E-state index in [0.29, 0.717) is 35.8 Å². The van der Waals surface area contributed by atoms with Crippen molar-refractivity contribution in [1.82, 2.24) is 19.8 Å². The quantitative estimate of drug-likeness (QED) is 0.624. The predicted molar refractivity (Wildman–Crippen MR) is 127 cm³/mol. The van der Waals surface area contributed by atoms with Gasteiger partial charge in [-0.3, -0.25) is 14.3 Å². The third-order valence-electron chi connectivity index (χ3n) is 6.36. The second-order valence-electron chi connectivity index (χ2n) is 8.50. The number of aromatic nitrogens is 2. The van der Waals surface area contributed by atoms with Crippen LogP contribution in [0.3, 0.4) is 0 Å². The number of benzene rings is 1. The molecule has 6 nitrogen and oxygen atoms in total.